The van der Waals surface area contributed by atoms with Crippen molar-refractivity contribution in [3.8, 4) is 0 Å². The molecule has 0 unspecified atom stereocenters. The third-order valence-corrected chi connectivity index (χ3v) is 15.7. The van der Waals surface area contributed by atoms with E-state index in [2.05, 4.69) is 52.2 Å². The highest BCUT2D eigenvalue weighted by molar-refractivity contribution is 6.32. The maximum absolute atomic E-state index is 13.0. The normalized spacial score (nSPS) is 39.6. The van der Waals surface area contributed by atoms with Crippen molar-refractivity contribution in [3.05, 3.63) is 0 Å². The summed E-state index contributed by atoms with van der Waals surface area (Å²) in [5, 5.41) is 5.39. The molecule has 2 N–H and O–H groups in total. The highest BCUT2D eigenvalue weighted by Gasteiger charge is 2.73. The van der Waals surface area contributed by atoms with Gasteiger partial charge in [0.15, 0.2) is 0 Å². The molecule has 0 bridgehead atoms. The molecule has 4 saturated carbocycles. The summed E-state index contributed by atoms with van der Waals surface area (Å²) in [4.78, 5) is 63.2. The quantitative estimate of drug-likeness (QED) is 0.100. The Morgan fingerprint density at radius 2 is 1.43 bits per heavy atom. The summed E-state index contributed by atoms with van der Waals surface area (Å²) in [6.07, 6.45) is 8.16. The zero-order valence-corrected chi connectivity index (χ0v) is 35.1. The summed E-state index contributed by atoms with van der Waals surface area (Å²) in [5.74, 6) is -1.88. The summed E-state index contributed by atoms with van der Waals surface area (Å²) in [7, 11) is 0. The summed E-state index contributed by atoms with van der Waals surface area (Å²) in [6.45, 7) is 24.1. The molecule has 4 aliphatic carbocycles. The van der Waals surface area contributed by atoms with Crippen LogP contribution in [0.2, 0.25) is 0 Å². The lowest BCUT2D eigenvalue weighted by molar-refractivity contribution is -0.254. The van der Waals surface area contributed by atoms with Gasteiger partial charge in [0.2, 0.25) is 5.91 Å². The first-order chi connectivity index (χ1) is 25.1. The van der Waals surface area contributed by atoms with Gasteiger partial charge in [-0.3, -0.25) is 19.2 Å². The van der Waals surface area contributed by atoms with Crippen LogP contribution in [0.1, 0.15) is 153 Å². The van der Waals surface area contributed by atoms with E-state index in [-0.39, 0.29) is 81.9 Å². The number of nitrogens with one attached hydrogen (secondary N) is 2. The molecule has 0 aromatic carbocycles. The number of fused-ring (bicyclic) bond motifs is 5. The summed E-state index contributed by atoms with van der Waals surface area (Å²) >= 11 is 0. The molecule has 5 fully saturated rings. The minimum Gasteiger partial charge on any atom is -0.462 e. The number of ether oxygens (including phenoxy) is 4. The molecule has 0 aromatic heterocycles. The van der Waals surface area contributed by atoms with Gasteiger partial charge in [-0.1, -0.05) is 48.5 Å². The smallest absolute Gasteiger partial charge is 0.397 e. The molecule has 0 spiro atoms. The Morgan fingerprint density at radius 1 is 0.778 bits per heavy atom. The van der Waals surface area contributed by atoms with Gasteiger partial charge in [0.25, 0.3) is 0 Å². The molecule has 5 aliphatic rings. The summed E-state index contributed by atoms with van der Waals surface area (Å²) in [6, 6.07) is 0. The van der Waals surface area contributed by atoms with Gasteiger partial charge < -0.3 is 29.6 Å². The van der Waals surface area contributed by atoms with Crippen LogP contribution in [-0.2, 0) is 42.9 Å². The predicted molar refractivity (Wildman–Crippen MR) is 204 cm³/mol. The lowest BCUT2D eigenvalue weighted by atomic mass is 9.35. The average molecular weight is 759 g/mol. The molecule has 306 valence electrons. The molecule has 2 amide bonds. The molecule has 5 rings (SSSR count). The van der Waals surface area contributed by atoms with E-state index >= 15 is 0 Å². The number of carbonyl (C=O) groups is 5. The minimum atomic E-state index is -1.01. The molecule has 11 heteroatoms. The predicted octanol–water partition coefficient (Wildman–Crippen LogP) is 6.83. The van der Waals surface area contributed by atoms with Crippen molar-refractivity contribution >= 4 is 29.7 Å². The van der Waals surface area contributed by atoms with E-state index in [9.17, 15) is 24.0 Å². The second kappa shape index (κ2) is 15.3. The number of amides is 2. The Labute approximate surface area is 323 Å². The fraction of sp³-hybridized carbons (Fsp3) is 0.884. The van der Waals surface area contributed by atoms with Crippen molar-refractivity contribution < 1.29 is 42.9 Å². The van der Waals surface area contributed by atoms with Crippen molar-refractivity contribution in [1.29, 1.82) is 0 Å². The van der Waals surface area contributed by atoms with Crippen LogP contribution >= 0.6 is 0 Å². The van der Waals surface area contributed by atoms with E-state index in [1.165, 1.54) is 6.92 Å². The molecule has 54 heavy (non-hydrogen) atoms. The standard InChI is InChI=1S/C43H70N2O9/c1-12-22-44-33(47)25-34(48)52-31-16-18-40(8)29(38(31,4)5)15-20-41(9)30(40)24-28(51-26(3)46)35-27(14-19-42(35,41)10)43(11)21-17-32(53-43)39(6,7)54-37(50)36(49)45-23-13-2/h27-32,35H,12-25H2,1-11H3,(H,44,47)(H,45,49)/t27-,28+,29-,30+,31+,32+,35-,40-,41+,42+,43-/m0/s1. The first-order valence-electron chi connectivity index (χ1n) is 20.9. The Bertz CT molecular complexity index is 1460. The molecule has 1 heterocycles. The van der Waals surface area contributed by atoms with Gasteiger partial charge in [-0.15, -0.1) is 0 Å². The number of hydrogen-bond donors (Lipinski definition) is 2. The van der Waals surface area contributed by atoms with Crippen LogP contribution in [0.4, 0.5) is 0 Å². The zero-order valence-electron chi connectivity index (χ0n) is 35.1. The summed E-state index contributed by atoms with van der Waals surface area (Å²) < 4.78 is 25.3. The van der Waals surface area contributed by atoms with Gasteiger partial charge in [-0.25, -0.2) is 4.79 Å². The third-order valence-electron chi connectivity index (χ3n) is 15.7. The van der Waals surface area contributed by atoms with Crippen molar-refractivity contribution in [1.82, 2.24) is 10.6 Å². The molecular weight excluding hydrogens is 688 g/mol. The van der Waals surface area contributed by atoms with Crippen LogP contribution in [0.15, 0.2) is 0 Å². The maximum Gasteiger partial charge on any atom is 0.397 e. The number of carbonyl (C=O) groups excluding carboxylic acids is 5. The van der Waals surface area contributed by atoms with Gasteiger partial charge in [-0.05, 0) is 125 Å². The molecule has 0 aromatic rings. The van der Waals surface area contributed by atoms with E-state index in [1.807, 2.05) is 27.7 Å². The van der Waals surface area contributed by atoms with E-state index in [0.717, 1.165) is 64.2 Å². The number of rotatable bonds is 11. The second-order valence-electron chi connectivity index (χ2n) is 19.6. The number of esters is 3. The SMILES string of the molecule is CCCNC(=O)CC(=O)O[C@@H]1CC[C@]2(C)[C@H]3C[C@@H](OC(C)=O)[C@@H]4[C@@H]([C@]5(C)CC[C@H](C(C)(C)OC(=O)C(=O)NCCC)O5)CC[C@@]4(C)[C@]3(C)CC[C@H]2C1(C)C. The topological polar surface area (TPSA) is 146 Å². The van der Waals surface area contributed by atoms with Crippen LogP contribution in [0, 0.1) is 45.3 Å². The number of hydrogen-bond acceptors (Lipinski definition) is 9. The largest absolute Gasteiger partial charge is 0.462 e. The third kappa shape index (κ3) is 7.45. The highest BCUT2D eigenvalue weighted by atomic mass is 16.6. The van der Waals surface area contributed by atoms with Gasteiger partial charge in [0.1, 0.15) is 24.2 Å². The lowest BCUT2D eigenvalue weighted by Gasteiger charge is -2.70. The van der Waals surface area contributed by atoms with E-state index in [0.29, 0.717) is 19.5 Å². The van der Waals surface area contributed by atoms with Crippen LogP contribution < -0.4 is 10.6 Å². The van der Waals surface area contributed by atoms with Crippen molar-refractivity contribution in [2.24, 2.45) is 45.3 Å². The Morgan fingerprint density at radius 3 is 2.07 bits per heavy atom. The Hall–Kier alpha value is -2.69. The fourth-order valence-corrected chi connectivity index (χ4v) is 12.9. The van der Waals surface area contributed by atoms with Crippen molar-refractivity contribution in [2.45, 2.75) is 183 Å². The van der Waals surface area contributed by atoms with Crippen LogP contribution in [0.25, 0.3) is 0 Å². The maximum atomic E-state index is 13.0. The molecule has 0 radical (unpaired) electrons. The van der Waals surface area contributed by atoms with Crippen LogP contribution in [0.5, 0.6) is 0 Å². The van der Waals surface area contributed by atoms with Crippen LogP contribution in [-0.4, -0.2) is 72.3 Å². The average Bonchev–Trinajstić information content (AvgIpc) is 3.67. The van der Waals surface area contributed by atoms with Crippen molar-refractivity contribution in [2.75, 3.05) is 13.1 Å². The van der Waals surface area contributed by atoms with Gasteiger partial charge in [-0.2, -0.15) is 0 Å². The molecule has 1 aliphatic heterocycles. The van der Waals surface area contributed by atoms with E-state index < -0.39 is 29.0 Å². The zero-order chi connectivity index (χ0) is 40.1. The van der Waals surface area contributed by atoms with Crippen LogP contribution in [0.3, 0.4) is 0 Å². The molecule has 11 atom stereocenters. The van der Waals surface area contributed by atoms with Gasteiger partial charge >= 0.3 is 23.8 Å². The Kier molecular flexibility index (Phi) is 12.1. The summed E-state index contributed by atoms with van der Waals surface area (Å²) in [5.41, 5.74) is -2.06. The van der Waals surface area contributed by atoms with Gasteiger partial charge in [0, 0.05) is 31.3 Å². The van der Waals surface area contributed by atoms with Gasteiger partial charge in [0.05, 0.1) is 11.7 Å². The fourth-order valence-electron chi connectivity index (χ4n) is 12.9. The molecule has 11 nitrogen and oxygen atoms in total. The highest BCUT2D eigenvalue weighted by Crippen LogP contribution is 2.76. The van der Waals surface area contributed by atoms with Crippen molar-refractivity contribution in [3.63, 3.8) is 0 Å². The minimum absolute atomic E-state index is 0.0275. The molecular formula is C43H70N2O9. The lowest BCUT2D eigenvalue weighted by Crippen LogP contribution is -2.67. The monoisotopic (exact) mass is 759 g/mol. The molecule has 1 saturated heterocycles. The Balaban J connectivity index is 1.37. The first-order valence-corrected chi connectivity index (χ1v) is 20.9. The van der Waals surface area contributed by atoms with E-state index in [4.69, 9.17) is 18.9 Å². The first kappa shape index (κ1) is 42.5. The second-order valence-corrected chi connectivity index (χ2v) is 19.6. The van der Waals surface area contributed by atoms with E-state index in [1.54, 1.807) is 0 Å².